The molecular weight excluding hydrogens is 366 g/mol. The summed E-state index contributed by atoms with van der Waals surface area (Å²) in [5.74, 6) is 0.274. The minimum absolute atomic E-state index is 0.274. The minimum atomic E-state index is -1.94. The van der Waals surface area contributed by atoms with E-state index < -0.39 is 49.7 Å². The third-order valence-electron chi connectivity index (χ3n) is 4.94. The van der Waals surface area contributed by atoms with Gasteiger partial charge in [-0.25, -0.2) is 9.79 Å². The zero-order chi connectivity index (χ0) is 20.7. The zero-order valence-corrected chi connectivity index (χ0v) is 18.2. The predicted octanol–water partition coefficient (Wildman–Crippen LogP) is 0.562. The summed E-state index contributed by atoms with van der Waals surface area (Å²) in [4.78, 5) is 20.9. The molecule has 0 bridgehead atoms. The van der Waals surface area contributed by atoms with Crippen LogP contribution in [-0.2, 0) is 10.1 Å². The summed E-state index contributed by atoms with van der Waals surface area (Å²) in [7, 11) is -1.94. The predicted molar refractivity (Wildman–Crippen MR) is 106 cm³/mol. The molecule has 1 aromatic rings. The fourth-order valence-corrected chi connectivity index (χ4v) is 5.49. The Morgan fingerprint density at radius 3 is 2.41 bits per heavy atom. The van der Waals surface area contributed by atoms with E-state index in [-0.39, 0.29) is 5.82 Å². The van der Waals surface area contributed by atoms with Crippen LogP contribution in [0.5, 0.6) is 0 Å². The number of nitrogens with zero attached hydrogens (tertiary/aromatic N) is 3. The van der Waals surface area contributed by atoms with Crippen molar-refractivity contribution in [2.24, 2.45) is 10.4 Å². The molecule has 152 valence electrons. The summed E-state index contributed by atoms with van der Waals surface area (Å²) in [6.45, 7) is 12.9. The van der Waals surface area contributed by atoms with E-state index in [1.54, 1.807) is 19.9 Å². The summed E-state index contributed by atoms with van der Waals surface area (Å²) in [6.07, 6.45) is -3.22. The molecule has 0 saturated carbocycles. The molecule has 0 aromatic carbocycles. The van der Waals surface area contributed by atoms with Crippen molar-refractivity contribution in [3.63, 3.8) is 0 Å². The molecule has 1 aliphatic rings. The van der Waals surface area contributed by atoms with Gasteiger partial charge in [0.05, 0.1) is 14.9 Å². The summed E-state index contributed by atoms with van der Waals surface area (Å²) in [5, 5.41) is 30.8. The number of rotatable bonds is 4. The molecule has 0 radical (unpaired) electrons. The highest BCUT2D eigenvalue weighted by Crippen LogP contribution is 2.41. The average Bonchev–Trinajstić information content (AvgIpc) is 2.79. The molecule has 1 saturated heterocycles. The molecule has 3 N–H and O–H groups in total. The number of ether oxygens (including phenoxy) is 1. The molecule has 1 aliphatic heterocycles. The van der Waals surface area contributed by atoms with Gasteiger partial charge in [-0.05, 0) is 25.3 Å². The number of aliphatic imine (C=N–C) groups is 1. The summed E-state index contributed by atoms with van der Waals surface area (Å²) < 4.78 is 7.36. The summed E-state index contributed by atoms with van der Waals surface area (Å²) in [6, 6.07) is 1.57. The molecule has 1 fully saturated rings. The van der Waals surface area contributed by atoms with Gasteiger partial charge < -0.3 is 20.1 Å². The molecule has 1 aromatic heterocycles. The summed E-state index contributed by atoms with van der Waals surface area (Å²) in [5.41, 5.74) is -0.426. The first-order chi connectivity index (χ1) is 12.3. The van der Waals surface area contributed by atoms with E-state index in [0.29, 0.717) is 0 Å². The zero-order valence-electron chi connectivity index (χ0n) is 17.0. The molecule has 2 rings (SSSR count). The third-order valence-corrected chi connectivity index (χ3v) is 7.35. The van der Waals surface area contributed by atoms with Gasteiger partial charge in [0.25, 0.3) is 0 Å². The molecular formula is C18H31N3O5Si. The standard InChI is InChI=1S/C18H31N3O5Si/c1-10(2)19-11-8-9-21(16(25)20-11)18(27(6)7)14(23)12(22)13(26-18)15(24)17(3,4)5/h8-9,12-15,22-24,27H,1-7H3/t12-,13+,14-,15?,18+/m1/s1. The van der Waals surface area contributed by atoms with Crippen LogP contribution in [0.1, 0.15) is 34.6 Å². The number of hydrogen-bond donors (Lipinski definition) is 3. The Kier molecular flexibility index (Phi) is 6.13. The van der Waals surface area contributed by atoms with Gasteiger partial charge in [-0.1, -0.05) is 33.9 Å². The van der Waals surface area contributed by atoms with Crippen LogP contribution in [0.15, 0.2) is 22.1 Å². The van der Waals surface area contributed by atoms with Gasteiger partial charge in [0, 0.05) is 11.9 Å². The lowest BCUT2D eigenvalue weighted by molar-refractivity contribution is -0.137. The largest absolute Gasteiger partial charge is 0.390 e. The van der Waals surface area contributed by atoms with Crippen LogP contribution in [0.3, 0.4) is 0 Å². The van der Waals surface area contributed by atoms with E-state index in [4.69, 9.17) is 4.74 Å². The Balaban J connectivity index is 2.56. The van der Waals surface area contributed by atoms with Crippen molar-refractivity contribution in [2.75, 3.05) is 0 Å². The molecule has 5 atom stereocenters. The number of hydrogen-bond acceptors (Lipinski definition) is 7. The van der Waals surface area contributed by atoms with Gasteiger partial charge in [-0.2, -0.15) is 4.98 Å². The average molecular weight is 398 g/mol. The molecule has 2 heterocycles. The topological polar surface area (TPSA) is 117 Å². The van der Waals surface area contributed by atoms with Crippen LogP contribution in [0.25, 0.3) is 0 Å². The van der Waals surface area contributed by atoms with Crippen molar-refractivity contribution < 1.29 is 20.1 Å². The highest BCUT2D eigenvalue weighted by molar-refractivity contribution is 6.58. The fourth-order valence-electron chi connectivity index (χ4n) is 3.43. The molecule has 9 heteroatoms. The van der Waals surface area contributed by atoms with Crippen LogP contribution < -0.4 is 5.69 Å². The van der Waals surface area contributed by atoms with E-state index in [0.717, 1.165) is 5.71 Å². The molecule has 0 aliphatic carbocycles. The van der Waals surface area contributed by atoms with Crippen molar-refractivity contribution in [1.29, 1.82) is 0 Å². The lowest BCUT2D eigenvalue weighted by Crippen LogP contribution is -2.58. The van der Waals surface area contributed by atoms with Crippen molar-refractivity contribution >= 4 is 20.3 Å². The van der Waals surface area contributed by atoms with Gasteiger partial charge >= 0.3 is 5.69 Å². The van der Waals surface area contributed by atoms with E-state index in [9.17, 15) is 20.1 Å². The van der Waals surface area contributed by atoms with Crippen LogP contribution in [0.4, 0.5) is 5.82 Å². The van der Waals surface area contributed by atoms with Gasteiger partial charge in [0.1, 0.15) is 18.3 Å². The van der Waals surface area contributed by atoms with E-state index in [1.807, 2.05) is 33.9 Å². The monoisotopic (exact) mass is 397 g/mol. The van der Waals surface area contributed by atoms with Crippen molar-refractivity contribution in [2.45, 2.75) is 77.5 Å². The van der Waals surface area contributed by atoms with Gasteiger partial charge in [-0.15, -0.1) is 0 Å². The van der Waals surface area contributed by atoms with Gasteiger partial charge in [0.15, 0.2) is 11.2 Å². The lowest BCUT2D eigenvalue weighted by atomic mass is 9.84. The third kappa shape index (κ3) is 3.92. The van der Waals surface area contributed by atoms with E-state index in [2.05, 4.69) is 9.98 Å². The quantitative estimate of drug-likeness (QED) is 0.505. The Morgan fingerprint density at radius 2 is 1.96 bits per heavy atom. The Bertz CT molecular complexity index is 769. The molecule has 1 unspecified atom stereocenters. The second kappa shape index (κ2) is 7.55. The Morgan fingerprint density at radius 1 is 1.37 bits per heavy atom. The van der Waals surface area contributed by atoms with Crippen molar-refractivity contribution in [3.05, 3.63) is 22.7 Å². The molecule has 27 heavy (non-hydrogen) atoms. The lowest BCUT2D eigenvalue weighted by Gasteiger charge is -2.38. The van der Waals surface area contributed by atoms with Crippen LogP contribution in [-0.4, -0.2) is 63.8 Å². The number of aliphatic hydroxyl groups excluding tert-OH is 3. The maximum Gasteiger partial charge on any atom is 0.351 e. The van der Waals surface area contributed by atoms with Gasteiger partial charge in [0.2, 0.25) is 0 Å². The second-order valence-electron chi connectivity index (χ2n) is 8.73. The van der Waals surface area contributed by atoms with Crippen molar-refractivity contribution in [3.8, 4) is 0 Å². The second-order valence-corrected chi connectivity index (χ2v) is 11.9. The maximum atomic E-state index is 12.7. The Labute approximate surface area is 161 Å². The SMILES string of the molecule is CC(C)=Nc1ccn([C@]2([SiH](C)C)O[C@H](C(O)C(C)(C)C)[C@@H](O)[C@H]2O)c(=O)n1. The van der Waals surface area contributed by atoms with Crippen LogP contribution in [0, 0.1) is 5.41 Å². The Hall–Kier alpha value is -1.39. The normalized spacial score (nSPS) is 29.8. The first kappa shape index (κ1) is 21.9. The maximum absolute atomic E-state index is 12.7. The van der Waals surface area contributed by atoms with Gasteiger partial charge in [-0.3, -0.25) is 4.57 Å². The molecule has 0 amide bonds. The van der Waals surface area contributed by atoms with Crippen LogP contribution in [0.2, 0.25) is 13.1 Å². The van der Waals surface area contributed by atoms with Crippen LogP contribution >= 0.6 is 0 Å². The highest BCUT2D eigenvalue weighted by atomic mass is 28.3. The minimum Gasteiger partial charge on any atom is -0.390 e. The first-order valence-corrected chi connectivity index (χ1v) is 12.0. The smallest absolute Gasteiger partial charge is 0.351 e. The first-order valence-electron chi connectivity index (χ1n) is 9.16. The molecule has 0 spiro atoms. The summed E-state index contributed by atoms with van der Waals surface area (Å²) >= 11 is 0. The van der Waals surface area contributed by atoms with Crippen molar-refractivity contribution in [1.82, 2.24) is 9.55 Å². The highest BCUT2D eigenvalue weighted by Gasteiger charge is 2.60. The van der Waals surface area contributed by atoms with E-state index >= 15 is 0 Å². The fraction of sp³-hybridized carbons (Fsp3) is 0.722. The number of aliphatic hydroxyl groups is 3. The molecule has 8 nitrogen and oxygen atoms in total. The number of aromatic nitrogens is 2. The van der Waals surface area contributed by atoms with E-state index in [1.165, 1.54) is 10.8 Å².